The highest BCUT2D eigenvalue weighted by atomic mass is 32.1. The van der Waals surface area contributed by atoms with Crippen molar-refractivity contribution in [3.8, 4) is 27.8 Å². The minimum atomic E-state index is -0.335. The number of hydrogen-bond acceptors (Lipinski definition) is 6. The number of ether oxygens (including phenoxy) is 3. The first-order valence-electron chi connectivity index (χ1n) is 8.03. The van der Waals surface area contributed by atoms with Crippen molar-refractivity contribution in [2.24, 2.45) is 0 Å². The number of nitrogens with zero attached hydrogens (tertiary/aromatic N) is 1. The topological polar surface area (TPSA) is 57.7 Å². The molecule has 0 spiro atoms. The molecule has 5 nitrogen and oxygen atoms in total. The molecular formula is C20H19NO4S. The number of esters is 1. The van der Waals surface area contributed by atoms with Gasteiger partial charge in [0.05, 0.1) is 26.3 Å². The summed E-state index contributed by atoms with van der Waals surface area (Å²) in [7, 11) is 3.19. The molecular weight excluding hydrogens is 350 g/mol. The first kappa shape index (κ1) is 17.9. The molecule has 0 saturated heterocycles. The number of rotatable bonds is 6. The van der Waals surface area contributed by atoms with E-state index in [-0.39, 0.29) is 12.4 Å². The van der Waals surface area contributed by atoms with Crippen molar-refractivity contribution in [2.45, 2.75) is 13.3 Å². The second-order valence-electron chi connectivity index (χ2n) is 5.68. The lowest BCUT2D eigenvalue weighted by Crippen LogP contribution is -2.11. The van der Waals surface area contributed by atoms with Gasteiger partial charge in [0.1, 0.15) is 10.8 Å². The predicted molar refractivity (Wildman–Crippen MR) is 101 cm³/mol. The lowest BCUT2D eigenvalue weighted by atomic mass is 10.2. The first-order chi connectivity index (χ1) is 12.6. The molecule has 134 valence electrons. The molecule has 6 heteroatoms. The maximum absolute atomic E-state index is 12.1. The fourth-order valence-corrected chi connectivity index (χ4v) is 3.23. The number of methoxy groups -OCH3 is 2. The summed E-state index contributed by atoms with van der Waals surface area (Å²) in [5, 5.41) is 2.67. The van der Waals surface area contributed by atoms with E-state index in [2.05, 4.69) is 4.98 Å². The zero-order valence-electron chi connectivity index (χ0n) is 14.8. The van der Waals surface area contributed by atoms with Crippen molar-refractivity contribution in [3.05, 3.63) is 59.1 Å². The summed E-state index contributed by atoms with van der Waals surface area (Å²) in [6, 6.07) is 13.0. The molecule has 0 fully saturated rings. The Labute approximate surface area is 156 Å². The lowest BCUT2D eigenvalue weighted by molar-refractivity contribution is -0.133. The summed E-state index contributed by atoms with van der Waals surface area (Å²) >= 11 is 1.47. The third-order valence-electron chi connectivity index (χ3n) is 3.76. The van der Waals surface area contributed by atoms with Crippen LogP contribution in [0.3, 0.4) is 0 Å². The first-order valence-corrected chi connectivity index (χ1v) is 8.91. The summed E-state index contributed by atoms with van der Waals surface area (Å²) < 4.78 is 15.9. The number of carbonyl (C=O) groups excluding carboxylic acids is 1. The van der Waals surface area contributed by atoms with E-state index in [1.165, 1.54) is 11.3 Å². The highest BCUT2D eigenvalue weighted by molar-refractivity contribution is 7.13. The molecule has 2 aromatic carbocycles. The maximum Gasteiger partial charge on any atom is 0.317 e. The molecule has 0 aliphatic heterocycles. The normalized spacial score (nSPS) is 10.4. The van der Waals surface area contributed by atoms with Gasteiger partial charge in [-0.3, -0.25) is 4.79 Å². The van der Waals surface area contributed by atoms with Crippen LogP contribution in [0.15, 0.2) is 47.8 Å². The van der Waals surface area contributed by atoms with E-state index in [0.29, 0.717) is 22.9 Å². The number of aryl methyl sites for hydroxylation is 1. The van der Waals surface area contributed by atoms with Crippen LogP contribution in [0, 0.1) is 6.92 Å². The summed E-state index contributed by atoms with van der Waals surface area (Å²) in [5.74, 6) is 1.50. The van der Waals surface area contributed by atoms with Crippen molar-refractivity contribution >= 4 is 17.3 Å². The van der Waals surface area contributed by atoms with Gasteiger partial charge in [0.2, 0.25) is 0 Å². The van der Waals surface area contributed by atoms with E-state index in [1.54, 1.807) is 26.4 Å². The van der Waals surface area contributed by atoms with Gasteiger partial charge in [-0.2, -0.15) is 0 Å². The SMILES string of the molecule is COc1ccc(-c2nc(CC(=O)Oc3ccc(C)cc3)cs2)cc1OC. The molecule has 3 rings (SSSR count). The molecule has 1 aromatic heterocycles. The van der Waals surface area contributed by atoms with E-state index < -0.39 is 0 Å². The van der Waals surface area contributed by atoms with Crippen LogP contribution >= 0.6 is 11.3 Å². The van der Waals surface area contributed by atoms with Gasteiger partial charge in [0, 0.05) is 10.9 Å². The Morgan fingerprint density at radius 3 is 2.46 bits per heavy atom. The van der Waals surface area contributed by atoms with E-state index in [9.17, 15) is 4.79 Å². The molecule has 0 saturated carbocycles. The summed E-state index contributed by atoms with van der Waals surface area (Å²) in [5.41, 5.74) is 2.70. The van der Waals surface area contributed by atoms with Crippen molar-refractivity contribution in [2.75, 3.05) is 14.2 Å². The molecule has 0 bridgehead atoms. The van der Waals surface area contributed by atoms with Crippen LogP contribution in [0.1, 0.15) is 11.3 Å². The summed E-state index contributed by atoms with van der Waals surface area (Å²) in [6.07, 6.45) is 0.123. The second-order valence-corrected chi connectivity index (χ2v) is 6.54. The molecule has 0 N–H and O–H groups in total. The Morgan fingerprint density at radius 2 is 1.77 bits per heavy atom. The van der Waals surface area contributed by atoms with Crippen molar-refractivity contribution in [1.29, 1.82) is 0 Å². The third kappa shape index (κ3) is 4.21. The highest BCUT2D eigenvalue weighted by Crippen LogP contribution is 2.33. The van der Waals surface area contributed by atoms with Gasteiger partial charge >= 0.3 is 5.97 Å². The Balaban J connectivity index is 1.69. The molecule has 0 unspecified atom stereocenters. The smallest absolute Gasteiger partial charge is 0.317 e. The van der Waals surface area contributed by atoms with Gasteiger partial charge in [-0.1, -0.05) is 17.7 Å². The predicted octanol–water partition coefficient (Wildman–Crippen LogP) is 4.28. The van der Waals surface area contributed by atoms with E-state index in [1.807, 2.05) is 42.6 Å². The Morgan fingerprint density at radius 1 is 1.04 bits per heavy atom. The van der Waals surface area contributed by atoms with E-state index >= 15 is 0 Å². The zero-order chi connectivity index (χ0) is 18.5. The average Bonchev–Trinajstić information content (AvgIpc) is 3.11. The van der Waals surface area contributed by atoms with Crippen molar-refractivity contribution in [3.63, 3.8) is 0 Å². The van der Waals surface area contributed by atoms with Gasteiger partial charge < -0.3 is 14.2 Å². The van der Waals surface area contributed by atoms with Crippen LogP contribution in [-0.4, -0.2) is 25.2 Å². The summed E-state index contributed by atoms with van der Waals surface area (Å²) in [6.45, 7) is 1.98. The third-order valence-corrected chi connectivity index (χ3v) is 4.70. The van der Waals surface area contributed by atoms with Gasteiger partial charge in [0.25, 0.3) is 0 Å². The number of benzene rings is 2. The molecule has 0 amide bonds. The number of thiazole rings is 1. The molecule has 0 aliphatic carbocycles. The standard InChI is InChI=1S/C20H19NO4S/c1-13-4-7-16(8-5-13)25-19(22)11-15-12-26-20(21-15)14-6-9-17(23-2)18(10-14)24-3/h4-10,12H,11H2,1-3H3. The largest absolute Gasteiger partial charge is 0.493 e. The number of aromatic nitrogens is 1. The quantitative estimate of drug-likeness (QED) is 0.479. The monoisotopic (exact) mass is 369 g/mol. The minimum absolute atomic E-state index is 0.123. The molecule has 0 atom stereocenters. The Kier molecular flexibility index (Phi) is 5.53. The lowest BCUT2D eigenvalue weighted by Gasteiger charge is -2.08. The highest BCUT2D eigenvalue weighted by Gasteiger charge is 2.13. The van der Waals surface area contributed by atoms with E-state index in [4.69, 9.17) is 14.2 Å². The number of carbonyl (C=O) groups is 1. The average molecular weight is 369 g/mol. The van der Waals surface area contributed by atoms with Gasteiger partial charge in [-0.15, -0.1) is 11.3 Å². The van der Waals surface area contributed by atoms with Gasteiger partial charge in [-0.05, 0) is 37.3 Å². The van der Waals surface area contributed by atoms with E-state index in [0.717, 1.165) is 16.1 Å². The fraction of sp³-hybridized carbons (Fsp3) is 0.200. The fourth-order valence-electron chi connectivity index (χ4n) is 2.41. The second kappa shape index (κ2) is 8.01. The number of hydrogen-bond donors (Lipinski definition) is 0. The summed E-state index contributed by atoms with van der Waals surface area (Å²) in [4.78, 5) is 16.6. The van der Waals surface area contributed by atoms with Crippen LogP contribution in [0.4, 0.5) is 0 Å². The van der Waals surface area contributed by atoms with Crippen LogP contribution in [0.5, 0.6) is 17.2 Å². The van der Waals surface area contributed by atoms with Gasteiger partial charge in [-0.25, -0.2) is 4.98 Å². The zero-order valence-corrected chi connectivity index (χ0v) is 15.6. The van der Waals surface area contributed by atoms with Crippen LogP contribution in [-0.2, 0) is 11.2 Å². The molecule has 26 heavy (non-hydrogen) atoms. The Bertz CT molecular complexity index is 902. The van der Waals surface area contributed by atoms with Gasteiger partial charge in [0.15, 0.2) is 11.5 Å². The molecule has 3 aromatic rings. The van der Waals surface area contributed by atoms with Crippen molar-refractivity contribution < 1.29 is 19.0 Å². The Hall–Kier alpha value is -2.86. The molecule has 1 heterocycles. The van der Waals surface area contributed by atoms with Crippen LogP contribution in [0.25, 0.3) is 10.6 Å². The molecule has 0 aliphatic rings. The van der Waals surface area contributed by atoms with Crippen LogP contribution in [0.2, 0.25) is 0 Å². The van der Waals surface area contributed by atoms with Crippen LogP contribution < -0.4 is 14.2 Å². The van der Waals surface area contributed by atoms with Crippen molar-refractivity contribution in [1.82, 2.24) is 4.98 Å². The molecule has 0 radical (unpaired) electrons. The maximum atomic E-state index is 12.1. The minimum Gasteiger partial charge on any atom is -0.493 e.